The third kappa shape index (κ3) is 4.04. The Hall–Kier alpha value is -2.45. The van der Waals surface area contributed by atoms with Crippen LogP contribution in [0.25, 0.3) is 10.9 Å². The lowest BCUT2D eigenvalue weighted by molar-refractivity contribution is 0.0984. The summed E-state index contributed by atoms with van der Waals surface area (Å²) in [6.07, 6.45) is 5.34. The van der Waals surface area contributed by atoms with Crippen LogP contribution in [0, 0.1) is 20.8 Å². The van der Waals surface area contributed by atoms with Gasteiger partial charge in [-0.2, -0.15) is 0 Å². The van der Waals surface area contributed by atoms with Crippen LogP contribution in [0.3, 0.4) is 0 Å². The second kappa shape index (κ2) is 8.40. The Morgan fingerprint density at radius 3 is 2.52 bits per heavy atom. The number of benzene rings is 1. The summed E-state index contributed by atoms with van der Waals surface area (Å²) in [5.41, 5.74) is 3.73. The predicted molar refractivity (Wildman–Crippen MR) is 135 cm³/mol. The molecule has 1 aliphatic rings. The molecular weight excluding hydrogens is 504 g/mol. The lowest BCUT2D eigenvalue weighted by Crippen LogP contribution is -2.28. The smallest absolute Gasteiger partial charge is 0.251 e. The Morgan fingerprint density at radius 1 is 1.21 bits per heavy atom. The number of carbonyl (C=O) groups excluding carboxylic acids is 1. The first-order valence-corrected chi connectivity index (χ1v) is 13.1. The molecule has 0 amide bonds. The number of aromatic amines is 1. The first-order valence-electron chi connectivity index (χ1n) is 10.9. The maximum Gasteiger partial charge on any atom is 0.251 e. The number of aryl methyl sites for hydroxylation is 3. The van der Waals surface area contributed by atoms with Crippen molar-refractivity contribution in [2.24, 2.45) is 0 Å². The number of hydrogen-bond donors (Lipinski definition) is 1. The van der Waals surface area contributed by atoms with Crippen LogP contribution >= 0.6 is 15.9 Å². The molecule has 0 atom stereocenters. The van der Waals surface area contributed by atoms with Crippen molar-refractivity contribution in [3.05, 3.63) is 79.8 Å². The van der Waals surface area contributed by atoms with Gasteiger partial charge in [-0.3, -0.25) is 9.59 Å². The zero-order chi connectivity index (χ0) is 24.1. The first-order chi connectivity index (χ1) is 15.5. The number of pyridine rings is 1. The van der Waals surface area contributed by atoms with Gasteiger partial charge in [-0.15, -0.1) is 6.58 Å². The normalized spacial score (nSPS) is 15.0. The quantitative estimate of drug-likeness (QED) is 0.323. The molecule has 174 valence electrons. The van der Waals surface area contributed by atoms with Gasteiger partial charge in [-0.1, -0.05) is 22.0 Å². The summed E-state index contributed by atoms with van der Waals surface area (Å²) in [7, 11) is -3.66. The highest BCUT2D eigenvalue weighted by atomic mass is 79.9. The number of H-pyrrole nitrogens is 1. The lowest BCUT2D eigenvalue weighted by Gasteiger charge is -2.16. The van der Waals surface area contributed by atoms with Crippen molar-refractivity contribution >= 4 is 42.6 Å². The molecule has 8 heteroatoms. The minimum absolute atomic E-state index is 0.133. The summed E-state index contributed by atoms with van der Waals surface area (Å²) >= 11 is 3.45. The number of nitrogens with one attached hydrogen (secondary N) is 1. The van der Waals surface area contributed by atoms with Gasteiger partial charge in [0.05, 0.1) is 10.3 Å². The minimum atomic E-state index is -3.66. The molecule has 0 saturated heterocycles. The standard InChI is InChI=1S/C25H27BrN2O4S/c1-5-8-25(9-10-25)33(31,32)28-14-16(3)23-20(12-18(26)13-21(23)28)22(29)7-6-19-15(2)11-17(4)27-24(19)30/h5,11-14H,1,6-10H2,2-4H3,(H,27,30). The Kier molecular flexibility index (Phi) is 6.03. The zero-order valence-electron chi connectivity index (χ0n) is 19.0. The number of halogens is 1. The van der Waals surface area contributed by atoms with E-state index in [0.717, 1.165) is 16.8 Å². The van der Waals surface area contributed by atoms with Crippen molar-refractivity contribution in [2.45, 2.75) is 57.6 Å². The highest BCUT2D eigenvalue weighted by Gasteiger charge is 2.54. The highest BCUT2D eigenvalue weighted by Crippen LogP contribution is 2.48. The van der Waals surface area contributed by atoms with E-state index in [4.69, 9.17) is 0 Å². The average molecular weight is 531 g/mol. The van der Waals surface area contributed by atoms with Crippen LogP contribution in [0.1, 0.15) is 58.4 Å². The van der Waals surface area contributed by atoms with Crippen molar-refractivity contribution < 1.29 is 13.2 Å². The van der Waals surface area contributed by atoms with Gasteiger partial charge in [0.25, 0.3) is 5.56 Å². The number of allylic oxidation sites excluding steroid dienone is 1. The molecule has 0 unspecified atom stereocenters. The van der Waals surface area contributed by atoms with E-state index >= 15 is 0 Å². The maximum absolute atomic E-state index is 13.5. The Labute approximate surface area is 201 Å². The van der Waals surface area contributed by atoms with Crippen LogP contribution in [0.5, 0.6) is 0 Å². The van der Waals surface area contributed by atoms with Crippen molar-refractivity contribution in [1.82, 2.24) is 8.96 Å². The van der Waals surface area contributed by atoms with E-state index in [1.54, 1.807) is 24.4 Å². The number of hydrogen-bond acceptors (Lipinski definition) is 4. The molecule has 1 fully saturated rings. The molecule has 0 aliphatic heterocycles. The van der Waals surface area contributed by atoms with Gasteiger partial charge in [0.1, 0.15) is 0 Å². The topological polar surface area (TPSA) is 89.0 Å². The molecule has 6 nitrogen and oxygen atoms in total. The molecule has 33 heavy (non-hydrogen) atoms. The summed E-state index contributed by atoms with van der Waals surface area (Å²) in [5, 5.41) is 0.635. The van der Waals surface area contributed by atoms with Crippen LogP contribution in [-0.2, 0) is 16.4 Å². The lowest BCUT2D eigenvalue weighted by atomic mass is 9.97. The second-order valence-corrected chi connectivity index (χ2v) is 12.1. The maximum atomic E-state index is 13.5. The van der Waals surface area contributed by atoms with Crippen LogP contribution in [-0.4, -0.2) is 27.9 Å². The number of nitrogens with zero attached hydrogens (tertiary/aromatic N) is 1. The van der Waals surface area contributed by atoms with E-state index in [0.29, 0.717) is 52.2 Å². The highest BCUT2D eigenvalue weighted by molar-refractivity contribution is 9.10. The first kappa shape index (κ1) is 23.7. The zero-order valence-corrected chi connectivity index (χ0v) is 21.4. The molecule has 0 radical (unpaired) electrons. The Balaban J connectivity index is 1.75. The van der Waals surface area contributed by atoms with E-state index in [-0.39, 0.29) is 17.8 Å². The Morgan fingerprint density at radius 2 is 1.91 bits per heavy atom. The van der Waals surface area contributed by atoms with E-state index in [9.17, 15) is 18.0 Å². The minimum Gasteiger partial charge on any atom is -0.326 e. The fourth-order valence-electron chi connectivity index (χ4n) is 4.65. The van der Waals surface area contributed by atoms with Gasteiger partial charge in [-0.25, -0.2) is 12.4 Å². The molecule has 0 spiro atoms. The van der Waals surface area contributed by atoms with Gasteiger partial charge in [-0.05, 0) is 75.8 Å². The van der Waals surface area contributed by atoms with Crippen LogP contribution < -0.4 is 5.56 Å². The van der Waals surface area contributed by atoms with Gasteiger partial charge in [0.2, 0.25) is 10.0 Å². The fraction of sp³-hybridized carbons (Fsp3) is 0.360. The molecule has 1 N–H and O–H groups in total. The number of rotatable bonds is 8. The summed E-state index contributed by atoms with van der Waals surface area (Å²) in [4.78, 5) is 28.4. The number of Topliss-reactive ketones (excluding diaryl/α,β-unsaturated/α-hetero) is 1. The van der Waals surface area contributed by atoms with Gasteiger partial charge < -0.3 is 4.98 Å². The second-order valence-electron chi connectivity index (χ2n) is 9.00. The van der Waals surface area contributed by atoms with Crippen LogP contribution in [0.15, 0.2) is 46.3 Å². The summed E-state index contributed by atoms with van der Waals surface area (Å²) in [5.74, 6) is -0.133. The average Bonchev–Trinajstić information content (AvgIpc) is 3.44. The van der Waals surface area contributed by atoms with Gasteiger partial charge >= 0.3 is 0 Å². The van der Waals surface area contributed by atoms with Crippen molar-refractivity contribution in [3.63, 3.8) is 0 Å². The SMILES string of the molecule is C=CCC1(S(=O)(=O)n2cc(C)c3c(C(=O)CCc4c(C)cc(C)[nH]c4=O)cc(Br)cc32)CC1. The molecule has 1 aliphatic carbocycles. The Bertz CT molecular complexity index is 1460. The molecule has 4 rings (SSSR count). The van der Waals surface area contributed by atoms with Crippen LogP contribution in [0.4, 0.5) is 0 Å². The van der Waals surface area contributed by atoms with E-state index < -0.39 is 14.8 Å². The largest absolute Gasteiger partial charge is 0.326 e. The molecule has 0 bridgehead atoms. The summed E-state index contributed by atoms with van der Waals surface area (Å²) in [6, 6.07) is 5.37. The monoisotopic (exact) mass is 530 g/mol. The van der Waals surface area contributed by atoms with Crippen molar-refractivity contribution in [2.75, 3.05) is 0 Å². The molecule has 3 aromatic rings. The van der Waals surface area contributed by atoms with Crippen molar-refractivity contribution in [1.29, 1.82) is 0 Å². The molecule has 2 heterocycles. The van der Waals surface area contributed by atoms with Crippen LogP contribution in [0.2, 0.25) is 0 Å². The third-order valence-electron chi connectivity index (χ3n) is 6.55. The molecule has 1 saturated carbocycles. The van der Waals surface area contributed by atoms with Gasteiger partial charge in [0.15, 0.2) is 5.78 Å². The summed E-state index contributed by atoms with van der Waals surface area (Å²) in [6.45, 7) is 9.23. The predicted octanol–water partition coefficient (Wildman–Crippen LogP) is 5.12. The number of aromatic nitrogens is 2. The number of ketones is 1. The van der Waals surface area contributed by atoms with Gasteiger partial charge in [0, 0.05) is 39.3 Å². The number of fused-ring (bicyclic) bond motifs is 1. The summed E-state index contributed by atoms with van der Waals surface area (Å²) < 4.78 is 28.2. The van der Waals surface area contributed by atoms with Crippen molar-refractivity contribution in [3.8, 4) is 0 Å². The van der Waals surface area contributed by atoms with E-state index in [2.05, 4.69) is 27.5 Å². The fourth-order valence-corrected chi connectivity index (χ4v) is 7.16. The third-order valence-corrected chi connectivity index (χ3v) is 9.50. The van der Waals surface area contributed by atoms with E-state index in [1.807, 2.05) is 26.8 Å². The number of carbonyl (C=O) groups is 1. The molecule has 1 aromatic carbocycles. The van der Waals surface area contributed by atoms with E-state index in [1.165, 1.54) is 3.97 Å². The molecule has 2 aromatic heterocycles. The molecular formula is C25H27BrN2O4S.